The van der Waals surface area contributed by atoms with Gasteiger partial charge in [0.25, 0.3) is 0 Å². The number of rotatable bonds is 9. The molecule has 0 aliphatic heterocycles. The normalized spacial score (nSPS) is 11.9. The van der Waals surface area contributed by atoms with E-state index in [1.54, 1.807) is 13.2 Å². The van der Waals surface area contributed by atoms with E-state index in [0.717, 1.165) is 24.5 Å². The van der Waals surface area contributed by atoms with Gasteiger partial charge in [-0.25, -0.2) is 0 Å². The second-order valence-corrected chi connectivity index (χ2v) is 4.23. The van der Waals surface area contributed by atoms with Gasteiger partial charge in [-0.2, -0.15) is 0 Å². The predicted molar refractivity (Wildman–Crippen MR) is 74.4 cm³/mol. The topological polar surface area (TPSA) is 73.6 Å². The van der Waals surface area contributed by atoms with Gasteiger partial charge in [-0.3, -0.25) is 4.79 Å². The number of nitrogens with one attached hydrogen (secondary N) is 1. The molecule has 0 aliphatic carbocycles. The second kappa shape index (κ2) is 8.37. The van der Waals surface area contributed by atoms with Gasteiger partial charge in [-0.05, 0) is 25.1 Å². The van der Waals surface area contributed by atoms with E-state index in [1.807, 2.05) is 25.1 Å². The summed E-state index contributed by atoms with van der Waals surface area (Å²) < 4.78 is 10.7. The fourth-order valence-electron chi connectivity index (χ4n) is 1.65. The Morgan fingerprint density at radius 1 is 1.42 bits per heavy atom. The summed E-state index contributed by atoms with van der Waals surface area (Å²) in [5.74, 6) is 1.12. The smallest absolute Gasteiger partial charge is 0.234 e. The Balaban J connectivity index is 2.40. The monoisotopic (exact) mass is 266 g/mol. The number of benzene rings is 1. The maximum atomic E-state index is 11.2. The molecule has 1 amide bonds. The van der Waals surface area contributed by atoms with E-state index < -0.39 is 0 Å². The maximum absolute atomic E-state index is 11.2. The number of ether oxygens (including phenoxy) is 2. The van der Waals surface area contributed by atoms with E-state index in [1.165, 1.54) is 0 Å². The molecule has 0 radical (unpaired) electrons. The van der Waals surface area contributed by atoms with E-state index in [0.29, 0.717) is 13.0 Å². The number of nitrogens with two attached hydrogens (primary N) is 1. The molecule has 0 saturated carbocycles. The van der Waals surface area contributed by atoms with E-state index in [4.69, 9.17) is 15.2 Å². The van der Waals surface area contributed by atoms with E-state index in [2.05, 4.69) is 5.32 Å². The third-order valence-corrected chi connectivity index (χ3v) is 2.70. The highest BCUT2D eigenvalue weighted by molar-refractivity contribution is 5.79. The summed E-state index contributed by atoms with van der Waals surface area (Å²) in [5, 5.41) is 3.10. The van der Waals surface area contributed by atoms with Crippen LogP contribution in [0.1, 0.15) is 19.8 Å². The molecule has 0 spiro atoms. The van der Waals surface area contributed by atoms with Crippen LogP contribution in [0.25, 0.3) is 0 Å². The molecule has 5 nitrogen and oxygen atoms in total. The van der Waals surface area contributed by atoms with Crippen LogP contribution in [0, 0.1) is 0 Å². The van der Waals surface area contributed by atoms with Gasteiger partial charge < -0.3 is 20.5 Å². The van der Waals surface area contributed by atoms with Crippen LogP contribution < -0.4 is 20.5 Å². The van der Waals surface area contributed by atoms with Crippen LogP contribution in [-0.2, 0) is 4.79 Å². The zero-order valence-electron chi connectivity index (χ0n) is 11.5. The fraction of sp³-hybridized carbons (Fsp3) is 0.500. The van der Waals surface area contributed by atoms with E-state index in [9.17, 15) is 4.79 Å². The lowest BCUT2D eigenvalue weighted by molar-refractivity contribution is -0.120. The van der Waals surface area contributed by atoms with Crippen LogP contribution in [0.4, 0.5) is 0 Å². The number of hydrogen-bond acceptors (Lipinski definition) is 4. The molecule has 1 rings (SSSR count). The van der Waals surface area contributed by atoms with Crippen molar-refractivity contribution in [1.82, 2.24) is 5.32 Å². The zero-order valence-corrected chi connectivity index (χ0v) is 11.5. The second-order valence-electron chi connectivity index (χ2n) is 4.23. The highest BCUT2D eigenvalue weighted by Crippen LogP contribution is 2.18. The van der Waals surface area contributed by atoms with Gasteiger partial charge in [0.1, 0.15) is 11.5 Å². The number of carbonyl (C=O) groups is 1. The van der Waals surface area contributed by atoms with Crippen molar-refractivity contribution >= 4 is 5.91 Å². The lowest BCUT2D eigenvalue weighted by atomic mass is 10.2. The van der Waals surface area contributed by atoms with Crippen molar-refractivity contribution in [2.75, 3.05) is 20.3 Å². The average molecular weight is 266 g/mol. The molecular formula is C14H22N2O3. The van der Waals surface area contributed by atoms with Gasteiger partial charge in [0.2, 0.25) is 5.91 Å². The van der Waals surface area contributed by atoms with Crippen molar-refractivity contribution in [1.29, 1.82) is 0 Å². The molecule has 5 heteroatoms. The van der Waals surface area contributed by atoms with Gasteiger partial charge in [-0.15, -0.1) is 0 Å². The minimum atomic E-state index is -0.345. The largest absolute Gasteiger partial charge is 0.497 e. The highest BCUT2D eigenvalue weighted by Gasteiger charge is 2.13. The van der Waals surface area contributed by atoms with E-state index in [-0.39, 0.29) is 11.9 Å². The molecule has 0 aromatic heterocycles. The van der Waals surface area contributed by atoms with Crippen molar-refractivity contribution in [3.8, 4) is 11.5 Å². The molecule has 1 unspecified atom stereocenters. The van der Waals surface area contributed by atoms with Gasteiger partial charge in [0.05, 0.1) is 19.8 Å². The van der Waals surface area contributed by atoms with Crippen LogP contribution >= 0.6 is 0 Å². The third-order valence-electron chi connectivity index (χ3n) is 2.70. The van der Waals surface area contributed by atoms with Crippen molar-refractivity contribution in [2.45, 2.75) is 25.8 Å². The van der Waals surface area contributed by atoms with Crippen molar-refractivity contribution in [3.63, 3.8) is 0 Å². The van der Waals surface area contributed by atoms with Crippen LogP contribution in [-0.4, -0.2) is 32.2 Å². The zero-order chi connectivity index (χ0) is 14.1. The molecule has 0 saturated heterocycles. The molecule has 19 heavy (non-hydrogen) atoms. The molecule has 3 N–H and O–H groups in total. The molecule has 0 aliphatic rings. The minimum Gasteiger partial charge on any atom is -0.497 e. The number of primary amides is 1. The molecule has 1 aromatic rings. The number of methoxy groups -OCH3 is 1. The number of carbonyl (C=O) groups excluding carboxylic acids is 1. The van der Waals surface area contributed by atoms with Gasteiger partial charge in [0.15, 0.2) is 0 Å². The Bertz CT molecular complexity index is 396. The van der Waals surface area contributed by atoms with Gasteiger partial charge in [-0.1, -0.05) is 13.0 Å². The van der Waals surface area contributed by atoms with Crippen molar-refractivity contribution < 1.29 is 14.3 Å². The molecule has 1 aromatic carbocycles. The minimum absolute atomic E-state index is 0.342. The summed E-state index contributed by atoms with van der Waals surface area (Å²) in [5.41, 5.74) is 5.33. The average Bonchev–Trinajstić information content (AvgIpc) is 2.42. The standard InChI is InChI=1S/C14H22N2O3/c1-3-8-16-13(14(15)17)7-9-19-12-6-4-5-11(10-12)18-2/h4-6,10,13,16H,3,7-9H2,1-2H3,(H2,15,17). The van der Waals surface area contributed by atoms with Gasteiger partial charge >= 0.3 is 0 Å². The number of hydrogen-bond donors (Lipinski definition) is 2. The molecule has 0 heterocycles. The molecular weight excluding hydrogens is 244 g/mol. The van der Waals surface area contributed by atoms with Crippen LogP contribution in [0.5, 0.6) is 11.5 Å². The summed E-state index contributed by atoms with van der Waals surface area (Å²) >= 11 is 0. The summed E-state index contributed by atoms with van der Waals surface area (Å²) in [4.78, 5) is 11.2. The summed E-state index contributed by atoms with van der Waals surface area (Å²) in [6.07, 6.45) is 1.51. The van der Waals surface area contributed by atoms with Crippen LogP contribution in [0.3, 0.4) is 0 Å². The highest BCUT2D eigenvalue weighted by atomic mass is 16.5. The lowest BCUT2D eigenvalue weighted by Crippen LogP contribution is -2.42. The first kappa shape index (κ1) is 15.3. The fourth-order valence-corrected chi connectivity index (χ4v) is 1.65. The summed E-state index contributed by atoms with van der Waals surface area (Å²) in [6, 6.07) is 7.02. The summed E-state index contributed by atoms with van der Waals surface area (Å²) in [7, 11) is 1.61. The van der Waals surface area contributed by atoms with Gasteiger partial charge in [0, 0.05) is 12.5 Å². The Kier molecular flexibility index (Phi) is 6.74. The quantitative estimate of drug-likeness (QED) is 0.707. The van der Waals surface area contributed by atoms with Crippen LogP contribution in [0.15, 0.2) is 24.3 Å². The third kappa shape index (κ3) is 5.61. The van der Waals surface area contributed by atoms with Crippen LogP contribution in [0.2, 0.25) is 0 Å². The van der Waals surface area contributed by atoms with Crippen molar-refractivity contribution in [3.05, 3.63) is 24.3 Å². The Hall–Kier alpha value is -1.75. The first-order valence-corrected chi connectivity index (χ1v) is 6.47. The molecule has 106 valence electrons. The first-order chi connectivity index (χ1) is 9.17. The molecule has 0 fully saturated rings. The Morgan fingerprint density at radius 2 is 2.16 bits per heavy atom. The lowest BCUT2D eigenvalue weighted by Gasteiger charge is -2.15. The van der Waals surface area contributed by atoms with Crippen molar-refractivity contribution in [2.24, 2.45) is 5.73 Å². The Labute approximate surface area is 114 Å². The summed E-state index contributed by atoms with van der Waals surface area (Å²) in [6.45, 7) is 3.24. The number of amides is 1. The molecule has 1 atom stereocenters. The first-order valence-electron chi connectivity index (χ1n) is 6.47. The SMILES string of the molecule is CCCNC(CCOc1cccc(OC)c1)C(N)=O. The predicted octanol–water partition coefficient (Wildman–Crippen LogP) is 1.32. The Morgan fingerprint density at radius 3 is 2.79 bits per heavy atom. The maximum Gasteiger partial charge on any atom is 0.234 e. The molecule has 0 bridgehead atoms. The van der Waals surface area contributed by atoms with E-state index >= 15 is 0 Å².